The summed E-state index contributed by atoms with van der Waals surface area (Å²) in [6, 6.07) is 9.53. The third-order valence-electron chi connectivity index (χ3n) is 4.26. The lowest BCUT2D eigenvalue weighted by molar-refractivity contribution is 0.170. The molecule has 0 saturated carbocycles. The summed E-state index contributed by atoms with van der Waals surface area (Å²) < 4.78 is 23.6. The average Bonchev–Trinajstić information content (AvgIpc) is 2.60. The second kappa shape index (κ2) is 10.2. The lowest BCUT2D eigenvalue weighted by Crippen LogP contribution is -2.39. The molecule has 1 fully saturated rings. The standard InChI is InChI=1S/C18H20Cl2N2O.H3NO2S/c1-12-11-17(20)18(21-13(12)2)22-9-7-16(8-10-22)23-15-5-3-14(19)4-6-15;1-4(2)3/h3-6,11,16H,7-10H2,1-2H3;1H2,(H,2,3)/p-1. The average molecular weight is 431 g/mol. The highest BCUT2D eigenvalue weighted by molar-refractivity contribution is 7.76. The molecule has 0 bridgehead atoms. The largest absolute Gasteiger partial charge is 0.760 e. The summed E-state index contributed by atoms with van der Waals surface area (Å²) in [6.45, 7) is 5.84. The van der Waals surface area contributed by atoms with Gasteiger partial charge in [0, 0.05) is 47.9 Å². The first-order valence-electron chi connectivity index (χ1n) is 8.41. The van der Waals surface area contributed by atoms with Crippen LogP contribution in [0.1, 0.15) is 24.1 Å². The molecule has 1 unspecified atom stereocenters. The van der Waals surface area contributed by atoms with Gasteiger partial charge in [-0.3, -0.25) is 9.35 Å². The molecule has 1 aromatic carbocycles. The van der Waals surface area contributed by atoms with E-state index in [1.54, 1.807) is 0 Å². The highest BCUT2D eigenvalue weighted by Crippen LogP contribution is 2.29. The van der Waals surface area contributed by atoms with E-state index in [1.807, 2.05) is 44.2 Å². The Labute approximate surface area is 172 Å². The van der Waals surface area contributed by atoms with E-state index in [4.69, 9.17) is 36.7 Å². The maximum atomic E-state index is 8.78. The Morgan fingerprint density at radius 2 is 1.78 bits per heavy atom. The van der Waals surface area contributed by atoms with Gasteiger partial charge in [-0.05, 0) is 49.7 Å². The number of nitrogens with zero attached hydrogens (tertiary/aromatic N) is 2. The first kappa shape index (κ1) is 21.9. The number of aromatic nitrogens is 1. The lowest BCUT2D eigenvalue weighted by Gasteiger charge is -2.33. The normalized spacial score (nSPS) is 15.7. The van der Waals surface area contributed by atoms with Crippen LogP contribution in [0.25, 0.3) is 0 Å². The van der Waals surface area contributed by atoms with Gasteiger partial charge in [-0.1, -0.05) is 23.2 Å². The Bertz CT molecular complexity index is 778. The number of pyridine rings is 1. The van der Waals surface area contributed by atoms with Crippen molar-refractivity contribution in [3.05, 3.63) is 51.6 Å². The van der Waals surface area contributed by atoms with Crippen LogP contribution < -0.4 is 14.8 Å². The van der Waals surface area contributed by atoms with E-state index >= 15 is 0 Å². The molecule has 0 aliphatic carbocycles. The highest BCUT2D eigenvalue weighted by atomic mass is 35.5. The number of rotatable bonds is 3. The number of halogens is 2. The summed E-state index contributed by atoms with van der Waals surface area (Å²) in [4.78, 5) is 6.90. The number of hydrogen-bond donors (Lipinski definition) is 1. The van der Waals surface area contributed by atoms with Crippen molar-refractivity contribution in [2.45, 2.75) is 32.8 Å². The molecule has 1 aliphatic heterocycles. The van der Waals surface area contributed by atoms with E-state index in [0.29, 0.717) is 0 Å². The van der Waals surface area contributed by atoms with Crippen LogP contribution >= 0.6 is 23.2 Å². The molecule has 148 valence electrons. The summed E-state index contributed by atoms with van der Waals surface area (Å²) >= 11 is 9.91. The number of nitrogens with two attached hydrogens (primary N) is 1. The second-order valence-corrected chi connectivity index (χ2v) is 7.58. The predicted octanol–water partition coefficient (Wildman–Crippen LogP) is 3.79. The minimum absolute atomic E-state index is 0.220. The molecule has 0 radical (unpaired) electrons. The molecule has 0 spiro atoms. The van der Waals surface area contributed by atoms with Gasteiger partial charge < -0.3 is 14.2 Å². The Morgan fingerprint density at radius 3 is 2.33 bits per heavy atom. The van der Waals surface area contributed by atoms with Crippen molar-refractivity contribution in [2.24, 2.45) is 5.14 Å². The molecule has 2 aromatic rings. The van der Waals surface area contributed by atoms with Gasteiger partial charge in [0.1, 0.15) is 17.7 Å². The smallest absolute Gasteiger partial charge is 0.147 e. The lowest BCUT2D eigenvalue weighted by atomic mass is 10.1. The molecule has 1 aliphatic rings. The van der Waals surface area contributed by atoms with E-state index in [0.717, 1.165) is 58.8 Å². The molecule has 9 heteroatoms. The van der Waals surface area contributed by atoms with Crippen molar-refractivity contribution in [3.63, 3.8) is 0 Å². The summed E-state index contributed by atoms with van der Waals surface area (Å²) in [7, 11) is 0. The zero-order valence-electron chi connectivity index (χ0n) is 15.2. The van der Waals surface area contributed by atoms with Gasteiger partial charge in [0.25, 0.3) is 0 Å². The fourth-order valence-electron chi connectivity index (χ4n) is 2.77. The highest BCUT2D eigenvalue weighted by Gasteiger charge is 2.23. The van der Waals surface area contributed by atoms with Gasteiger partial charge in [0.05, 0.1) is 5.02 Å². The van der Waals surface area contributed by atoms with Crippen LogP contribution in [0, 0.1) is 13.8 Å². The van der Waals surface area contributed by atoms with E-state index in [-0.39, 0.29) is 6.10 Å². The van der Waals surface area contributed by atoms with Crippen LogP contribution in [0.15, 0.2) is 30.3 Å². The third kappa shape index (κ3) is 6.93. The van der Waals surface area contributed by atoms with Crippen LogP contribution in [-0.4, -0.2) is 32.9 Å². The SMILES string of the molecule is Cc1cc(Cl)c(N2CCC(Oc3ccc(Cl)cc3)CC2)nc1C.NS(=O)[O-]. The maximum absolute atomic E-state index is 8.78. The Morgan fingerprint density at radius 1 is 1.22 bits per heavy atom. The minimum Gasteiger partial charge on any atom is -0.760 e. The van der Waals surface area contributed by atoms with Gasteiger partial charge in [-0.15, -0.1) is 0 Å². The van der Waals surface area contributed by atoms with Crippen molar-refractivity contribution >= 4 is 40.3 Å². The zero-order chi connectivity index (χ0) is 20.0. The van der Waals surface area contributed by atoms with Crippen molar-refractivity contribution in [2.75, 3.05) is 18.0 Å². The fraction of sp³-hybridized carbons (Fsp3) is 0.389. The van der Waals surface area contributed by atoms with E-state index < -0.39 is 11.3 Å². The van der Waals surface area contributed by atoms with E-state index in [9.17, 15) is 0 Å². The van der Waals surface area contributed by atoms with E-state index in [1.165, 1.54) is 0 Å². The van der Waals surface area contributed by atoms with Crippen molar-refractivity contribution in [1.29, 1.82) is 0 Å². The topological polar surface area (TPSA) is 91.5 Å². The zero-order valence-corrected chi connectivity index (χ0v) is 17.5. The van der Waals surface area contributed by atoms with Gasteiger partial charge in [0.15, 0.2) is 0 Å². The minimum atomic E-state index is -2.36. The van der Waals surface area contributed by atoms with Crippen LogP contribution in [0.3, 0.4) is 0 Å². The van der Waals surface area contributed by atoms with Crippen molar-refractivity contribution < 1.29 is 13.5 Å². The quantitative estimate of drug-likeness (QED) is 0.747. The predicted molar refractivity (Wildman–Crippen MR) is 109 cm³/mol. The molecule has 3 rings (SSSR count). The van der Waals surface area contributed by atoms with Crippen LogP contribution in [0.4, 0.5) is 5.82 Å². The molecule has 0 amide bonds. The summed E-state index contributed by atoms with van der Waals surface area (Å²) in [5, 5.41) is 5.48. The fourth-order valence-corrected chi connectivity index (χ4v) is 3.22. The second-order valence-electron chi connectivity index (χ2n) is 6.21. The number of piperidine rings is 1. The number of anilines is 1. The van der Waals surface area contributed by atoms with Crippen molar-refractivity contribution in [3.8, 4) is 5.75 Å². The molecule has 1 aromatic heterocycles. The van der Waals surface area contributed by atoms with Gasteiger partial charge in [0.2, 0.25) is 0 Å². The van der Waals surface area contributed by atoms with Crippen molar-refractivity contribution in [1.82, 2.24) is 4.98 Å². The molecule has 2 heterocycles. The Balaban J connectivity index is 0.000000596. The molecule has 1 saturated heterocycles. The molecule has 2 N–H and O–H groups in total. The molecule has 6 nitrogen and oxygen atoms in total. The summed E-state index contributed by atoms with van der Waals surface area (Å²) in [6.07, 6.45) is 2.12. The Hall–Kier alpha value is -1.38. The number of hydrogen-bond acceptors (Lipinski definition) is 5. The monoisotopic (exact) mass is 430 g/mol. The van der Waals surface area contributed by atoms with Crippen LogP contribution in [-0.2, 0) is 11.3 Å². The third-order valence-corrected chi connectivity index (χ3v) is 4.79. The van der Waals surface area contributed by atoms with Gasteiger partial charge >= 0.3 is 0 Å². The first-order chi connectivity index (χ1) is 12.8. The van der Waals surface area contributed by atoms with Gasteiger partial charge in [-0.25, -0.2) is 4.98 Å². The molecule has 27 heavy (non-hydrogen) atoms. The number of benzene rings is 1. The summed E-state index contributed by atoms with van der Waals surface area (Å²) in [5.74, 6) is 1.76. The maximum Gasteiger partial charge on any atom is 0.147 e. The molecular formula is C18H22Cl2N3O3S-. The first-order valence-corrected chi connectivity index (χ1v) is 10.3. The molecular weight excluding hydrogens is 409 g/mol. The number of ether oxygens (including phenoxy) is 1. The molecule has 1 atom stereocenters. The van der Waals surface area contributed by atoms with Crippen LogP contribution in [0.5, 0.6) is 5.75 Å². The summed E-state index contributed by atoms with van der Waals surface area (Å²) in [5.41, 5.74) is 2.16. The number of aryl methyl sites for hydroxylation is 2. The van der Waals surface area contributed by atoms with Gasteiger partial charge in [-0.2, -0.15) is 0 Å². The Kier molecular flexibility index (Phi) is 8.31. The van der Waals surface area contributed by atoms with E-state index in [2.05, 4.69) is 15.0 Å². The van der Waals surface area contributed by atoms with Crippen LogP contribution in [0.2, 0.25) is 10.0 Å².